The van der Waals surface area contributed by atoms with E-state index >= 15 is 0 Å². The number of para-hydroxylation sites is 1. The Morgan fingerprint density at radius 1 is 1.24 bits per heavy atom. The maximum Gasteiger partial charge on any atom is 0.342 e. The van der Waals surface area contributed by atoms with Crippen molar-refractivity contribution in [1.82, 2.24) is 15.0 Å². The average molecular weight is 284 g/mol. The number of aromatic carboxylic acids is 1. The molecule has 1 N–H and O–H groups in total. The van der Waals surface area contributed by atoms with Crippen molar-refractivity contribution in [2.24, 2.45) is 0 Å². The quantitative estimate of drug-likeness (QED) is 0.581. The van der Waals surface area contributed by atoms with E-state index in [1.165, 1.54) is 16.8 Å². The van der Waals surface area contributed by atoms with Crippen molar-refractivity contribution in [1.29, 1.82) is 0 Å². The van der Waals surface area contributed by atoms with Gasteiger partial charge in [-0.15, -0.1) is 5.10 Å². The van der Waals surface area contributed by atoms with E-state index in [0.29, 0.717) is 16.7 Å². The summed E-state index contributed by atoms with van der Waals surface area (Å²) in [4.78, 5) is 21.3. The Bertz CT molecular complexity index is 871. The van der Waals surface area contributed by atoms with E-state index < -0.39 is 22.1 Å². The topological polar surface area (TPSA) is 111 Å². The summed E-state index contributed by atoms with van der Waals surface area (Å²) in [6.45, 7) is 0. The highest BCUT2D eigenvalue weighted by Gasteiger charge is 2.21. The van der Waals surface area contributed by atoms with Crippen molar-refractivity contribution >= 4 is 22.7 Å². The zero-order chi connectivity index (χ0) is 15.0. The standard InChI is InChI=1S/C13H8N4O4/c18-13(19)9-7-8(5-6-11(9)17(20)21)16-12-4-2-1-3-10(12)14-15-16/h1-7H,(H,18,19). The van der Waals surface area contributed by atoms with E-state index in [9.17, 15) is 14.9 Å². The monoisotopic (exact) mass is 284 g/mol. The molecule has 21 heavy (non-hydrogen) atoms. The summed E-state index contributed by atoms with van der Waals surface area (Å²) in [6.07, 6.45) is 0. The predicted octanol–water partition coefficient (Wildman–Crippen LogP) is 2.03. The molecule has 0 aliphatic heterocycles. The molecule has 8 nitrogen and oxygen atoms in total. The Morgan fingerprint density at radius 2 is 2.00 bits per heavy atom. The molecule has 1 heterocycles. The molecule has 0 amide bonds. The first-order chi connectivity index (χ1) is 10.1. The number of carbonyl (C=O) groups is 1. The molecule has 0 saturated heterocycles. The van der Waals surface area contributed by atoms with Crippen LogP contribution in [0.1, 0.15) is 10.4 Å². The molecule has 0 radical (unpaired) electrons. The minimum atomic E-state index is -1.37. The van der Waals surface area contributed by atoms with Crippen LogP contribution in [0, 0.1) is 10.1 Å². The minimum Gasteiger partial charge on any atom is -0.477 e. The molecule has 2 aromatic carbocycles. The summed E-state index contributed by atoms with van der Waals surface area (Å²) in [6, 6.07) is 10.9. The molecule has 0 atom stereocenters. The smallest absolute Gasteiger partial charge is 0.342 e. The number of rotatable bonds is 3. The van der Waals surface area contributed by atoms with Gasteiger partial charge in [-0.3, -0.25) is 10.1 Å². The maximum atomic E-state index is 11.2. The van der Waals surface area contributed by atoms with Gasteiger partial charge in [0.25, 0.3) is 5.69 Å². The number of benzene rings is 2. The number of nitro benzene ring substituents is 1. The SMILES string of the molecule is O=C(O)c1cc(-n2nnc3ccccc32)ccc1[N+](=O)[O-]. The van der Waals surface area contributed by atoms with Gasteiger partial charge in [0, 0.05) is 6.07 Å². The summed E-state index contributed by atoms with van der Waals surface area (Å²) < 4.78 is 1.44. The van der Waals surface area contributed by atoms with Crippen LogP contribution in [0.2, 0.25) is 0 Å². The molecule has 3 rings (SSSR count). The second-order valence-electron chi connectivity index (χ2n) is 4.25. The third-order valence-electron chi connectivity index (χ3n) is 3.00. The van der Waals surface area contributed by atoms with Crippen LogP contribution in [-0.4, -0.2) is 31.0 Å². The second kappa shape index (κ2) is 4.67. The van der Waals surface area contributed by atoms with Crippen molar-refractivity contribution in [2.45, 2.75) is 0 Å². The van der Waals surface area contributed by atoms with Gasteiger partial charge in [0.15, 0.2) is 0 Å². The van der Waals surface area contributed by atoms with Gasteiger partial charge >= 0.3 is 5.97 Å². The van der Waals surface area contributed by atoms with E-state index in [0.717, 1.165) is 6.07 Å². The first-order valence-corrected chi connectivity index (χ1v) is 5.90. The van der Waals surface area contributed by atoms with Gasteiger partial charge in [-0.1, -0.05) is 17.3 Å². The highest BCUT2D eigenvalue weighted by atomic mass is 16.6. The molecule has 0 aliphatic rings. The number of fused-ring (bicyclic) bond motifs is 1. The lowest BCUT2D eigenvalue weighted by Crippen LogP contribution is -2.05. The molecule has 0 unspecified atom stereocenters. The molecule has 0 fully saturated rings. The molecule has 104 valence electrons. The van der Waals surface area contributed by atoms with E-state index in [1.807, 2.05) is 0 Å². The number of hydrogen-bond acceptors (Lipinski definition) is 5. The zero-order valence-electron chi connectivity index (χ0n) is 10.5. The number of hydrogen-bond donors (Lipinski definition) is 1. The third-order valence-corrected chi connectivity index (χ3v) is 3.00. The summed E-state index contributed by atoms with van der Waals surface area (Å²) in [7, 11) is 0. The van der Waals surface area contributed by atoms with E-state index in [1.54, 1.807) is 24.3 Å². The number of carboxylic acid groups (broad SMARTS) is 1. The van der Waals surface area contributed by atoms with E-state index in [2.05, 4.69) is 10.3 Å². The summed E-state index contributed by atoms with van der Waals surface area (Å²) >= 11 is 0. The molecular weight excluding hydrogens is 276 g/mol. The fraction of sp³-hybridized carbons (Fsp3) is 0. The largest absolute Gasteiger partial charge is 0.477 e. The summed E-state index contributed by atoms with van der Waals surface area (Å²) in [5.41, 5.74) is 0.870. The number of nitrogens with zero attached hydrogens (tertiary/aromatic N) is 4. The van der Waals surface area contributed by atoms with Gasteiger partial charge in [0.2, 0.25) is 0 Å². The molecule has 1 aromatic heterocycles. The molecule has 0 aliphatic carbocycles. The summed E-state index contributed by atoms with van der Waals surface area (Å²) in [5.74, 6) is -1.37. The van der Waals surface area contributed by atoms with E-state index in [-0.39, 0.29) is 0 Å². The minimum absolute atomic E-state index is 0.392. The number of aromatic nitrogens is 3. The van der Waals surface area contributed by atoms with E-state index in [4.69, 9.17) is 5.11 Å². The Kier molecular flexibility index (Phi) is 2.83. The van der Waals surface area contributed by atoms with Gasteiger partial charge in [-0.25, -0.2) is 9.48 Å². The highest BCUT2D eigenvalue weighted by Crippen LogP contribution is 2.23. The van der Waals surface area contributed by atoms with Crippen LogP contribution in [0.4, 0.5) is 5.69 Å². The number of carboxylic acids is 1. The summed E-state index contributed by atoms with van der Waals surface area (Å²) in [5, 5.41) is 27.8. The number of nitro groups is 1. The molecule has 0 saturated carbocycles. The Morgan fingerprint density at radius 3 is 2.71 bits per heavy atom. The van der Waals surface area contributed by atoms with Crippen molar-refractivity contribution < 1.29 is 14.8 Å². The van der Waals surface area contributed by atoms with Crippen LogP contribution in [-0.2, 0) is 0 Å². The lowest BCUT2D eigenvalue weighted by atomic mass is 10.1. The van der Waals surface area contributed by atoms with Crippen LogP contribution < -0.4 is 0 Å². The first-order valence-electron chi connectivity index (χ1n) is 5.90. The van der Waals surface area contributed by atoms with Gasteiger partial charge in [-0.2, -0.15) is 0 Å². The van der Waals surface area contributed by atoms with Crippen molar-refractivity contribution in [3.05, 3.63) is 58.1 Å². The van der Waals surface area contributed by atoms with Gasteiger partial charge in [-0.05, 0) is 24.3 Å². The van der Waals surface area contributed by atoms with Crippen LogP contribution in [0.3, 0.4) is 0 Å². The Balaban J connectivity index is 2.22. The Hall–Kier alpha value is -3.29. The van der Waals surface area contributed by atoms with Crippen molar-refractivity contribution in [3.8, 4) is 5.69 Å². The van der Waals surface area contributed by atoms with Crippen molar-refractivity contribution in [3.63, 3.8) is 0 Å². The average Bonchev–Trinajstić information content (AvgIpc) is 2.90. The first kappa shape index (κ1) is 12.7. The normalized spacial score (nSPS) is 10.7. The third kappa shape index (κ3) is 2.08. The van der Waals surface area contributed by atoms with Gasteiger partial charge in [0.1, 0.15) is 11.1 Å². The van der Waals surface area contributed by atoms with Crippen molar-refractivity contribution in [2.75, 3.05) is 0 Å². The molecular formula is C13H8N4O4. The predicted molar refractivity (Wildman–Crippen MR) is 72.5 cm³/mol. The fourth-order valence-electron chi connectivity index (χ4n) is 2.05. The molecule has 3 aromatic rings. The van der Waals surface area contributed by atoms with Crippen LogP contribution in [0.15, 0.2) is 42.5 Å². The Labute approximate surface area is 117 Å². The highest BCUT2D eigenvalue weighted by molar-refractivity contribution is 5.93. The maximum absolute atomic E-state index is 11.2. The molecule has 0 bridgehead atoms. The zero-order valence-corrected chi connectivity index (χ0v) is 10.5. The molecule has 0 spiro atoms. The molecule has 8 heteroatoms. The van der Waals surface area contributed by atoms with Crippen LogP contribution in [0.5, 0.6) is 0 Å². The second-order valence-corrected chi connectivity index (χ2v) is 4.25. The fourth-order valence-corrected chi connectivity index (χ4v) is 2.05. The van der Waals surface area contributed by atoms with Gasteiger partial charge < -0.3 is 5.11 Å². The lowest BCUT2D eigenvalue weighted by molar-refractivity contribution is -0.385. The van der Waals surface area contributed by atoms with Gasteiger partial charge in [0.05, 0.1) is 16.1 Å². The van der Waals surface area contributed by atoms with Crippen LogP contribution >= 0.6 is 0 Å². The van der Waals surface area contributed by atoms with Crippen LogP contribution in [0.25, 0.3) is 16.7 Å². The lowest BCUT2D eigenvalue weighted by Gasteiger charge is -2.04.